The number of carbonyl (C=O) groups excluding carboxylic acids is 2. The summed E-state index contributed by atoms with van der Waals surface area (Å²) in [5.41, 5.74) is 6.41. The molecule has 1 aromatic heterocycles. The minimum absolute atomic E-state index is 0.304. The number of nitrogens with zero attached hydrogens (tertiary/aromatic N) is 2. The Hall–Kier alpha value is -5.06. The van der Waals surface area contributed by atoms with Gasteiger partial charge in [0.15, 0.2) is 11.7 Å². The predicted molar refractivity (Wildman–Crippen MR) is 164 cm³/mol. The van der Waals surface area contributed by atoms with E-state index >= 15 is 0 Å². The van der Waals surface area contributed by atoms with Gasteiger partial charge in [-0.05, 0) is 66.7 Å². The minimum atomic E-state index is -0.433. The number of thiazole rings is 1. The van der Waals surface area contributed by atoms with Crippen LogP contribution < -0.4 is 20.8 Å². The van der Waals surface area contributed by atoms with Gasteiger partial charge in [-0.3, -0.25) is 9.59 Å². The van der Waals surface area contributed by atoms with Crippen molar-refractivity contribution in [2.24, 2.45) is 5.10 Å². The molecule has 0 spiro atoms. The van der Waals surface area contributed by atoms with E-state index in [1.54, 1.807) is 30.3 Å². The number of halogens is 2. The van der Waals surface area contributed by atoms with Crippen LogP contribution in [0.3, 0.4) is 0 Å². The van der Waals surface area contributed by atoms with Crippen molar-refractivity contribution in [2.45, 2.75) is 0 Å². The molecular weight excluding hydrogens is 577 g/mol. The number of amides is 2. The number of aromatic nitrogens is 1. The van der Waals surface area contributed by atoms with Crippen molar-refractivity contribution >= 4 is 57.5 Å². The lowest BCUT2D eigenvalue weighted by Gasteiger charge is -2.10. The monoisotopic (exact) mass is 599 g/mol. The van der Waals surface area contributed by atoms with Crippen LogP contribution in [0.25, 0.3) is 11.3 Å². The first-order valence-electron chi connectivity index (χ1n) is 12.6. The van der Waals surface area contributed by atoms with Gasteiger partial charge in [0.2, 0.25) is 0 Å². The van der Waals surface area contributed by atoms with Crippen molar-refractivity contribution in [3.8, 4) is 17.0 Å². The number of carbonyl (C=O) groups is 2. The molecule has 0 unspecified atom stereocenters. The summed E-state index contributed by atoms with van der Waals surface area (Å²) in [5.74, 6) is -0.913. The lowest BCUT2D eigenvalue weighted by Crippen LogP contribution is -2.20. The van der Waals surface area contributed by atoms with Gasteiger partial charge in [-0.15, -0.1) is 11.3 Å². The summed E-state index contributed by atoms with van der Waals surface area (Å²) in [6, 6.07) is 27.0. The van der Waals surface area contributed by atoms with Gasteiger partial charge in [0.1, 0.15) is 11.6 Å². The van der Waals surface area contributed by atoms with E-state index < -0.39 is 17.6 Å². The van der Waals surface area contributed by atoms with Crippen LogP contribution in [-0.2, 0) is 4.79 Å². The van der Waals surface area contributed by atoms with Gasteiger partial charge in [-0.1, -0.05) is 41.9 Å². The second kappa shape index (κ2) is 13.5. The Kier molecular flexibility index (Phi) is 9.17. The molecule has 1 heterocycles. The quantitative estimate of drug-likeness (QED) is 0.117. The highest BCUT2D eigenvalue weighted by Gasteiger charge is 2.10. The number of hydrogen-bond donors (Lipinski definition) is 3. The standard InChI is InChI=1S/C31H23ClFN5O3S/c32-23-10-15-28(41-18-29(39)35-26-13-11-24(33)12-14-26)22(16-23)17-34-38-30(40)21-8-6-20(7-9-21)27-19-42-31(37-27)36-25-4-2-1-3-5-25/h1-17,19H,18H2,(H,35,39)(H,36,37)(H,38,40)/b34-17+. The van der Waals surface area contributed by atoms with Gasteiger partial charge >= 0.3 is 0 Å². The van der Waals surface area contributed by atoms with E-state index in [1.165, 1.54) is 41.8 Å². The van der Waals surface area contributed by atoms with Crippen LogP contribution in [0, 0.1) is 5.82 Å². The fraction of sp³-hybridized carbons (Fsp3) is 0.0323. The molecule has 0 aliphatic carbocycles. The summed E-state index contributed by atoms with van der Waals surface area (Å²) < 4.78 is 18.7. The van der Waals surface area contributed by atoms with Crippen molar-refractivity contribution < 1.29 is 18.7 Å². The third-order valence-electron chi connectivity index (χ3n) is 5.80. The van der Waals surface area contributed by atoms with Crippen molar-refractivity contribution in [3.05, 3.63) is 124 Å². The molecule has 4 aromatic carbocycles. The Morgan fingerprint density at radius 2 is 1.71 bits per heavy atom. The van der Waals surface area contributed by atoms with Gasteiger partial charge in [0.25, 0.3) is 11.8 Å². The lowest BCUT2D eigenvalue weighted by molar-refractivity contribution is -0.118. The number of ether oxygens (including phenoxy) is 1. The van der Waals surface area contributed by atoms with Crippen molar-refractivity contribution in [1.29, 1.82) is 0 Å². The van der Waals surface area contributed by atoms with Crippen LogP contribution >= 0.6 is 22.9 Å². The normalized spacial score (nSPS) is 10.8. The Bertz CT molecular complexity index is 1710. The van der Waals surface area contributed by atoms with E-state index in [4.69, 9.17) is 16.3 Å². The molecule has 11 heteroatoms. The van der Waals surface area contributed by atoms with E-state index in [2.05, 4.69) is 26.1 Å². The third kappa shape index (κ3) is 7.78. The summed E-state index contributed by atoms with van der Waals surface area (Å²) in [4.78, 5) is 29.5. The molecule has 0 radical (unpaired) electrons. The molecule has 2 amide bonds. The van der Waals surface area contributed by atoms with Crippen LogP contribution in [0.4, 0.5) is 20.9 Å². The number of nitrogens with one attached hydrogen (secondary N) is 3. The maximum absolute atomic E-state index is 13.1. The molecule has 42 heavy (non-hydrogen) atoms. The lowest BCUT2D eigenvalue weighted by atomic mass is 10.1. The average Bonchev–Trinajstić information content (AvgIpc) is 3.47. The van der Waals surface area contributed by atoms with Crippen LogP contribution in [0.15, 0.2) is 108 Å². The zero-order valence-corrected chi connectivity index (χ0v) is 23.5. The van der Waals surface area contributed by atoms with E-state index in [0.717, 1.165) is 22.1 Å². The van der Waals surface area contributed by atoms with Crippen molar-refractivity contribution in [3.63, 3.8) is 0 Å². The summed E-state index contributed by atoms with van der Waals surface area (Å²) in [5, 5.41) is 13.1. The Labute approximate surface area is 249 Å². The second-order valence-electron chi connectivity index (χ2n) is 8.83. The number of hydrazone groups is 1. The predicted octanol–water partition coefficient (Wildman–Crippen LogP) is 7.13. The van der Waals surface area contributed by atoms with Crippen LogP contribution in [0.1, 0.15) is 15.9 Å². The Morgan fingerprint density at radius 3 is 2.48 bits per heavy atom. The number of anilines is 3. The number of para-hydroxylation sites is 1. The average molecular weight is 600 g/mol. The van der Waals surface area contributed by atoms with E-state index in [9.17, 15) is 14.0 Å². The zero-order valence-electron chi connectivity index (χ0n) is 21.9. The first-order chi connectivity index (χ1) is 20.4. The van der Waals surface area contributed by atoms with Gasteiger partial charge in [0, 0.05) is 38.5 Å². The fourth-order valence-corrected chi connectivity index (χ4v) is 4.67. The maximum Gasteiger partial charge on any atom is 0.271 e. The molecule has 0 saturated heterocycles. The molecule has 3 N–H and O–H groups in total. The largest absolute Gasteiger partial charge is 0.483 e. The second-order valence-corrected chi connectivity index (χ2v) is 10.1. The van der Waals surface area contributed by atoms with Crippen molar-refractivity contribution in [2.75, 3.05) is 17.2 Å². The smallest absolute Gasteiger partial charge is 0.271 e. The molecule has 0 saturated carbocycles. The van der Waals surface area contributed by atoms with E-state index in [1.807, 2.05) is 47.8 Å². The van der Waals surface area contributed by atoms with Gasteiger partial charge in [-0.2, -0.15) is 5.10 Å². The summed E-state index contributed by atoms with van der Waals surface area (Å²) in [6.45, 7) is -0.304. The number of benzene rings is 4. The topological polar surface area (TPSA) is 105 Å². The zero-order chi connectivity index (χ0) is 29.3. The Morgan fingerprint density at radius 1 is 0.952 bits per heavy atom. The molecule has 0 atom stereocenters. The Balaban J connectivity index is 1.16. The molecule has 0 aliphatic rings. The first-order valence-corrected chi connectivity index (χ1v) is 13.9. The van der Waals surface area contributed by atoms with Crippen LogP contribution in [0.2, 0.25) is 5.02 Å². The molecule has 5 aromatic rings. The third-order valence-corrected chi connectivity index (χ3v) is 6.79. The first kappa shape index (κ1) is 28.5. The summed E-state index contributed by atoms with van der Waals surface area (Å²) >= 11 is 7.61. The van der Waals surface area contributed by atoms with Gasteiger partial charge < -0.3 is 15.4 Å². The van der Waals surface area contributed by atoms with Gasteiger partial charge in [0.05, 0.1) is 11.9 Å². The summed E-state index contributed by atoms with van der Waals surface area (Å²) in [7, 11) is 0. The van der Waals surface area contributed by atoms with Crippen molar-refractivity contribution in [1.82, 2.24) is 10.4 Å². The van der Waals surface area contributed by atoms with Crippen LogP contribution in [0.5, 0.6) is 5.75 Å². The highest BCUT2D eigenvalue weighted by molar-refractivity contribution is 7.14. The minimum Gasteiger partial charge on any atom is -0.483 e. The molecule has 0 bridgehead atoms. The molecule has 210 valence electrons. The number of hydrogen-bond acceptors (Lipinski definition) is 7. The highest BCUT2D eigenvalue weighted by atomic mass is 35.5. The molecule has 0 fully saturated rings. The SMILES string of the molecule is O=C(COc1ccc(Cl)cc1/C=N/NC(=O)c1ccc(-c2csc(Nc3ccccc3)n2)cc1)Nc1ccc(F)cc1. The molecule has 0 aliphatic heterocycles. The van der Waals surface area contributed by atoms with Crippen LogP contribution in [-0.4, -0.2) is 29.6 Å². The van der Waals surface area contributed by atoms with E-state index in [-0.39, 0.29) is 6.61 Å². The molecular formula is C31H23ClFN5O3S. The summed E-state index contributed by atoms with van der Waals surface area (Å²) in [6.07, 6.45) is 1.38. The fourth-order valence-electron chi connectivity index (χ4n) is 3.75. The van der Waals surface area contributed by atoms with Gasteiger partial charge in [-0.25, -0.2) is 14.8 Å². The highest BCUT2D eigenvalue weighted by Crippen LogP contribution is 2.27. The van der Waals surface area contributed by atoms with E-state index in [0.29, 0.717) is 27.6 Å². The maximum atomic E-state index is 13.1. The molecule has 8 nitrogen and oxygen atoms in total. The number of rotatable bonds is 10. The molecule has 5 rings (SSSR count).